The molecule has 0 aliphatic carbocycles. The normalized spacial score (nSPS) is 21.3. The second kappa shape index (κ2) is 6.85. The summed E-state index contributed by atoms with van der Waals surface area (Å²) in [5.41, 5.74) is 0. The van der Waals surface area contributed by atoms with Crippen LogP contribution in [0.4, 0.5) is 0 Å². The van der Waals surface area contributed by atoms with Gasteiger partial charge in [0.2, 0.25) is 5.89 Å². The van der Waals surface area contributed by atoms with Crippen LogP contribution < -0.4 is 5.32 Å². The third-order valence-corrected chi connectivity index (χ3v) is 3.23. The van der Waals surface area contributed by atoms with Crippen LogP contribution in [0.1, 0.15) is 38.4 Å². The molecule has 0 bridgehead atoms. The number of rotatable bonds is 7. The van der Waals surface area contributed by atoms with Crippen LogP contribution >= 0.6 is 0 Å². The van der Waals surface area contributed by atoms with Gasteiger partial charge in [0.25, 0.3) is 0 Å². The second-order valence-corrected chi connectivity index (χ2v) is 5.10. The molecule has 5 nitrogen and oxygen atoms in total. The van der Waals surface area contributed by atoms with E-state index in [9.17, 15) is 0 Å². The largest absolute Gasteiger partial charge is 0.381 e. The highest BCUT2D eigenvalue weighted by Crippen LogP contribution is 2.16. The van der Waals surface area contributed by atoms with Gasteiger partial charge in [0.15, 0.2) is 5.82 Å². The highest BCUT2D eigenvalue weighted by atomic mass is 16.5. The topological polar surface area (TPSA) is 60.2 Å². The molecule has 1 fully saturated rings. The molecule has 102 valence electrons. The summed E-state index contributed by atoms with van der Waals surface area (Å²) in [6, 6.07) is 0.382. The molecule has 1 aromatic heterocycles. The van der Waals surface area contributed by atoms with Crippen LogP contribution in [-0.4, -0.2) is 35.9 Å². The average molecular weight is 253 g/mol. The first-order chi connectivity index (χ1) is 8.78. The fourth-order valence-corrected chi connectivity index (χ4v) is 2.18. The van der Waals surface area contributed by atoms with E-state index in [1.807, 2.05) is 0 Å². The van der Waals surface area contributed by atoms with E-state index in [1.54, 1.807) is 0 Å². The monoisotopic (exact) mass is 253 g/mol. The van der Waals surface area contributed by atoms with Gasteiger partial charge in [-0.3, -0.25) is 0 Å². The summed E-state index contributed by atoms with van der Waals surface area (Å²) in [5.74, 6) is 2.12. The van der Waals surface area contributed by atoms with Crippen LogP contribution in [0, 0.1) is 5.92 Å². The number of nitrogens with zero attached hydrogens (tertiary/aromatic N) is 2. The average Bonchev–Trinajstić information content (AvgIpc) is 2.99. The maximum atomic E-state index is 5.35. The number of nitrogens with one attached hydrogen (secondary N) is 1. The van der Waals surface area contributed by atoms with E-state index >= 15 is 0 Å². The summed E-state index contributed by atoms with van der Waals surface area (Å²) in [6.45, 7) is 7.03. The molecule has 18 heavy (non-hydrogen) atoms. The number of hydrogen-bond acceptors (Lipinski definition) is 5. The first-order valence-electron chi connectivity index (χ1n) is 6.90. The van der Waals surface area contributed by atoms with Gasteiger partial charge in [-0.05, 0) is 32.2 Å². The van der Waals surface area contributed by atoms with Gasteiger partial charge < -0.3 is 14.6 Å². The van der Waals surface area contributed by atoms with E-state index in [-0.39, 0.29) is 0 Å². The minimum atomic E-state index is 0.382. The van der Waals surface area contributed by atoms with Crippen LogP contribution in [0.25, 0.3) is 0 Å². The van der Waals surface area contributed by atoms with Crippen molar-refractivity contribution in [1.82, 2.24) is 15.5 Å². The Balaban J connectivity index is 1.78. The van der Waals surface area contributed by atoms with Crippen molar-refractivity contribution in [2.24, 2.45) is 5.92 Å². The highest BCUT2D eigenvalue weighted by Gasteiger charge is 2.19. The molecule has 1 saturated heterocycles. The molecule has 0 spiro atoms. The molecular weight excluding hydrogens is 230 g/mol. The third kappa shape index (κ3) is 4.07. The van der Waals surface area contributed by atoms with E-state index < -0.39 is 0 Å². The van der Waals surface area contributed by atoms with E-state index in [0.717, 1.165) is 57.2 Å². The van der Waals surface area contributed by atoms with E-state index in [0.29, 0.717) is 12.0 Å². The molecule has 0 saturated carbocycles. The van der Waals surface area contributed by atoms with Crippen LogP contribution in [0.3, 0.4) is 0 Å². The minimum absolute atomic E-state index is 0.382. The van der Waals surface area contributed by atoms with Gasteiger partial charge in [-0.2, -0.15) is 4.98 Å². The Morgan fingerprint density at radius 2 is 2.39 bits per heavy atom. The maximum Gasteiger partial charge on any atom is 0.228 e. The van der Waals surface area contributed by atoms with Gasteiger partial charge in [-0.1, -0.05) is 12.1 Å². The first kappa shape index (κ1) is 13.5. The Morgan fingerprint density at radius 1 is 1.50 bits per heavy atom. The van der Waals surface area contributed by atoms with E-state index in [2.05, 4.69) is 29.3 Å². The zero-order valence-corrected chi connectivity index (χ0v) is 11.3. The Hall–Kier alpha value is -0.940. The Labute approximate surface area is 108 Å². The smallest absolute Gasteiger partial charge is 0.228 e. The molecule has 0 amide bonds. The molecule has 2 heterocycles. The lowest BCUT2D eigenvalue weighted by Gasteiger charge is -2.09. The lowest BCUT2D eigenvalue weighted by atomic mass is 10.1. The van der Waals surface area contributed by atoms with Crippen LogP contribution in [-0.2, 0) is 17.6 Å². The fourth-order valence-electron chi connectivity index (χ4n) is 2.18. The van der Waals surface area contributed by atoms with Crippen molar-refractivity contribution in [2.45, 2.75) is 45.6 Å². The van der Waals surface area contributed by atoms with Crippen molar-refractivity contribution in [2.75, 3.05) is 19.8 Å². The Morgan fingerprint density at radius 3 is 3.11 bits per heavy atom. The standard InChI is InChI=1S/C13H23N3O2/c1-3-5-14-10(2)7-13-15-12(16-18-13)8-11-4-6-17-9-11/h10-11,14H,3-9H2,1-2H3. The second-order valence-electron chi connectivity index (χ2n) is 5.10. The molecule has 1 aliphatic heterocycles. The van der Waals surface area contributed by atoms with Gasteiger partial charge in [0.05, 0.1) is 0 Å². The molecule has 2 atom stereocenters. The molecule has 0 radical (unpaired) electrons. The molecule has 2 unspecified atom stereocenters. The lowest BCUT2D eigenvalue weighted by Crippen LogP contribution is -2.28. The molecule has 0 aromatic carbocycles. The minimum Gasteiger partial charge on any atom is -0.381 e. The summed E-state index contributed by atoms with van der Waals surface area (Å²) in [4.78, 5) is 4.45. The van der Waals surface area contributed by atoms with Gasteiger partial charge in [0.1, 0.15) is 0 Å². The highest BCUT2D eigenvalue weighted by molar-refractivity contribution is 4.91. The number of ether oxygens (including phenoxy) is 1. The van der Waals surface area contributed by atoms with Crippen molar-refractivity contribution >= 4 is 0 Å². The molecular formula is C13H23N3O2. The van der Waals surface area contributed by atoms with Gasteiger partial charge in [-0.15, -0.1) is 0 Å². The summed E-state index contributed by atoms with van der Waals surface area (Å²) in [7, 11) is 0. The van der Waals surface area contributed by atoms with Gasteiger partial charge in [0, 0.05) is 32.1 Å². The first-order valence-corrected chi connectivity index (χ1v) is 6.90. The zero-order valence-electron chi connectivity index (χ0n) is 11.3. The number of hydrogen-bond donors (Lipinski definition) is 1. The van der Waals surface area contributed by atoms with Crippen molar-refractivity contribution in [3.8, 4) is 0 Å². The Kier molecular flexibility index (Phi) is 5.13. The van der Waals surface area contributed by atoms with Crippen molar-refractivity contribution in [3.63, 3.8) is 0 Å². The fraction of sp³-hybridized carbons (Fsp3) is 0.846. The Bertz CT molecular complexity index is 348. The summed E-state index contributed by atoms with van der Waals surface area (Å²) >= 11 is 0. The van der Waals surface area contributed by atoms with Crippen molar-refractivity contribution in [3.05, 3.63) is 11.7 Å². The molecule has 1 N–H and O–H groups in total. The van der Waals surface area contributed by atoms with Gasteiger partial charge in [-0.25, -0.2) is 0 Å². The predicted octanol–water partition coefficient (Wildman–Crippen LogP) is 1.58. The zero-order chi connectivity index (χ0) is 12.8. The summed E-state index contributed by atoms with van der Waals surface area (Å²) in [6.07, 6.45) is 3.92. The van der Waals surface area contributed by atoms with E-state index in [1.165, 1.54) is 0 Å². The van der Waals surface area contributed by atoms with Crippen LogP contribution in [0.5, 0.6) is 0 Å². The summed E-state index contributed by atoms with van der Waals surface area (Å²) in [5, 5.41) is 7.46. The van der Waals surface area contributed by atoms with Gasteiger partial charge >= 0.3 is 0 Å². The van der Waals surface area contributed by atoms with Crippen LogP contribution in [0.2, 0.25) is 0 Å². The maximum absolute atomic E-state index is 5.35. The van der Waals surface area contributed by atoms with Crippen molar-refractivity contribution < 1.29 is 9.26 Å². The summed E-state index contributed by atoms with van der Waals surface area (Å²) < 4.78 is 10.6. The number of aromatic nitrogens is 2. The molecule has 2 rings (SSSR count). The third-order valence-electron chi connectivity index (χ3n) is 3.23. The van der Waals surface area contributed by atoms with E-state index in [4.69, 9.17) is 9.26 Å². The molecule has 1 aromatic rings. The lowest BCUT2D eigenvalue weighted by molar-refractivity contribution is 0.185. The van der Waals surface area contributed by atoms with Crippen LogP contribution in [0.15, 0.2) is 4.52 Å². The van der Waals surface area contributed by atoms with Crippen molar-refractivity contribution in [1.29, 1.82) is 0 Å². The molecule has 5 heteroatoms. The molecule has 1 aliphatic rings. The quantitative estimate of drug-likeness (QED) is 0.799. The SMILES string of the molecule is CCCNC(C)Cc1nc(CC2CCOC2)no1. The predicted molar refractivity (Wildman–Crippen MR) is 68.4 cm³/mol.